The molecule has 37 heavy (non-hydrogen) atoms. The predicted octanol–water partition coefficient (Wildman–Crippen LogP) is 3.70. The number of ether oxygens (including phenoxy) is 1. The molecular formula is C25H29N8O3P. The summed E-state index contributed by atoms with van der Waals surface area (Å²) in [5, 5.41) is 11.8. The lowest BCUT2D eigenvalue weighted by atomic mass is 10.2. The van der Waals surface area contributed by atoms with Crippen LogP contribution in [-0.4, -0.2) is 66.6 Å². The van der Waals surface area contributed by atoms with Gasteiger partial charge in [0.15, 0.2) is 11.5 Å². The van der Waals surface area contributed by atoms with Gasteiger partial charge in [-0.2, -0.15) is 0 Å². The van der Waals surface area contributed by atoms with Gasteiger partial charge < -0.3 is 19.5 Å². The fourth-order valence-electron chi connectivity index (χ4n) is 4.34. The zero-order valence-corrected chi connectivity index (χ0v) is 21.9. The summed E-state index contributed by atoms with van der Waals surface area (Å²) in [5.41, 5.74) is 1.22. The summed E-state index contributed by atoms with van der Waals surface area (Å²) in [6.45, 7) is 5.31. The van der Waals surface area contributed by atoms with Gasteiger partial charge in [-0.05, 0) is 37.4 Å². The smallest absolute Gasteiger partial charge is 0.257 e. The maximum atomic E-state index is 12.6. The van der Waals surface area contributed by atoms with Crippen molar-refractivity contribution in [3.63, 3.8) is 0 Å². The third-order valence-corrected chi connectivity index (χ3v) is 7.05. The number of imidazole rings is 1. The molecule has 0 spiro atoms. The monoisotopic (exact) mass is 520 g/mol. The number of rotatable bonds is 8. The highest BCUT2D eigenvalue weighted by Gasteiger charge is 2.27. The summed E-state index contributed by atoms with van der Waals surface area (Å²) in [6.07, 6.45) is 6.45. The standard InChI is InChI=1S/C25H29N8O3P/c1-4-20(34)32-13-10-17(15-32)28-22-21-19(9-11-26-23(21)33(30-22)37-3)36-18-7-5-16(6-8-18)24(35)29-25-27-12-14-31(25)2/h5-9,11-12,14,17,37H,4,10,13,15H2,1-3H3,(H,28,30)(H,27,29,35)/t17-/m1/s1. The number of likely N-dealkylation sites (tertiary alicyclic amines) is 1. The van der Waals surface area contributed by atoms with Crippen LogP contribution in [-0.2, 0) is 11.8 Å². The Morgan fingerprint density at radius 1 is 1.16 bits per heavy atom. The summed E-state index contributed by atoms with van der Waals surface area (Å²) < 4.78 is 9.84. The lowest BCUT2D eigenvalue weighted by molar-refractivity contribution is -0.129. The van der Waals surface area contributed by atoms with E-state index in [0.29, 0.717) is 50.5 Å². The lowest BCUT2D eigenvalue weighted by Crippen LogP contribution is -2.31. The average Bonchev–Trinajstić information content (AvgIpc) is 3.64. The van der Waals surface area contributed by atoms with E-state index >= 15 is 0 Å². The molecule has 1 aliphatic heterocycles. The van der Waals surface area contributed by atoms with Crippen molar-refractivity contribution in [3.8, 4) is 11.5 Å². The Morgan fingerprint density at radius 3 is 2.68 bits per heavy atom. The summed E-state index contributed by atoms with van der Waals surface area (Å²) in [7, 11) is 2.20. The van der Waals surface area contributed by atoms with E-state index in [9.17, 15) is 9.59 Å². The molecule has 0 bridgehead atoms. The van der Waals surface area contributed by atoms with Crippen LogP contribution in [0.3, 0.4) is 0 Å². The second-order valence-electron chi connectivity index (χ2n) is 8.76. The lowest BCUT2D eigenvalue weighted by Gasteiger charge is -2.16. The number of aryl methyl sites for hydroxylation is 1. The number of nitrogens with one attached hydrogen (secondary N) is 2. The molecule has 3 aromatic heterocycles. The number of carbonyl (C=O) groups excluding carboxylic acids is 2. The largest absolute Gasteiger partial charge is 0.456 e. The van der Waals surface area contributed by atoms with Crippen molar-refractivity contribution in [2.24, 2.45) is 7.05 Å². The predicted molar refractivity (Wildman–Crippen MR) is 144 cm³/mol. The summed E-state index contributed by atoms with van der Waals surface area (Å²) in [4.78, 5) is 35.3. The van der Waals surface area contributed by atoms with Gasteiger partial charge in [0.25, 0.3) is 5.91 Å². The number of amides is 2. The molecule has 0 saturated carbocycles. The summed E-state index contributed by atoms with van der Waals surface area (Å²) in [6, 6.07) is 8.83. The quantitative estimate of drug-likeness (QED) is 0.340. The van der Waals surface area contributed by atoms with E-state index < -0.39 is 0 Å². The SMILES string of the molecule is CCC(=O)N1CC[C@@H](Nc2nn(PC)c3nccc(Oc4ccc(C(=O)Nc5nccn5C)cc4)c23)C1. The molecule has 1 fully saturated rings. The van der Waals surface area contributed by atoms with Crippen molar-refractivity contribution in [3.05, 3.63) is 54.5 Å². The van der Waals surface area contributed by atoms with E-state index in [1.54, 1.807) is 47.4 Å². The molecule has 5 rings (SSSR count). The highest BCUT2D eigenvalue weighted by molar-refractivity contribution is 7.35. The van der Waals surface area contributed by atoms with Crippen molar-refractivity contribution >= 4 is 43.3 Å². The van der Waals surface area contributed by atoms with Crippen LogP contribution in [0.25, 0.3) is 11.0 Å². The van der Waals surface area contributed by atoms with Crippen LogP contribution >= 0.6 is 8.73 Å². The first kappa shape index (κ1) is 24.7. The van der Waals surface area contributed by atoms with Gasteiger partial charge in [-0.3, -0.25) is 14.9 Å². The normalized spacial score (nSPS) is 15.5. The first-order valence-electron chi connectivity index (χ1n) is 12.1. The number of pyridine rings is 1. The van der Waals surface area contributed by atoms with Gasteiger partial charge >= 0.3 is 0 Å². The fraction of sp³-hybridized carbons (Fsp3) is 0.320. The van der Waals surface area contributed by atoms with Crippen LogP contribution in [0, 0.1) is 0 Å². The molecule has 0 aliphatic carbocycles. The number of nitrogens with zero attached hydrogens (tertiary/aromatic N) is 6. The molecule has 192 valence electrons. The number of hydrogen-bond acceptors (Lipinski definition) is 7. The van der Waals surface area contributed by atoms with Gasteiger partial charge in [0.2, 0.25) is 11.9 Å². The number of benzene rings is 1. The Morgan fingerprint density at radius 2 is 1.97 bits per heavy atom. The average molecular weight is 521 g/mol. The molecule has 1 saturated heterocycles. The van der Waals surface area contributed by atoms with Gasteiger partial charge in [-0.15, -0.1) is 5.10 Å². The van der Waals surface area contributed by atoms with E-state index in [2.05, 4.69) is 20.6 Å². The molecule has 11 nitrogen and oxygen atoms in total. The molecule has 2 atom stereocenters. The summed E-state index contributed by atoms with van der Waals surface area (Å²) >= 11 is 0. The van der Waals surface area contributed by atoms with Gasteiger partial charge in [0.05, 0.1) is 0 Å². The van der Waals surface area contributed by atoms with Crippen molar-refractivity contribution in [1.82, 2.24) is 29.0 Å². The van der Waals surface area contributed by atoms with E-state index in [-0.39, 0.29) is 17.9 Å². The third kappa shape index (κ3) is 5.13. The van der Waals surface area contributed by atoms with Crippen molar-refractivity contribution in [1.29, 1.82) is 0 Å². The Kier molecular flexibility index (Phi) is 7.05. The Hall–Kier alpha value is -3.98. The first-order chi connectivity index (χ1) is 18.0. The number of aromatic nitrogens is 5. The summed E-state index contributed by atoms with van der Waals surface area (Å²) in [5.74, 6) is 2.27. The molecule has 2 N–H and O–H groups in total. The van der Waals surface area contributed by atoms with Crippen molar-refractivity contribution in [2.75, 3.05) is 30.4 Å². The molecule has 4 aromatic rings. The van der Waals surface area contributed by atoms with Crippen molar-refractivity contribution < 1.29 is 14.3 Å². The topological polar surface area (TPSA) is 119 Å². The van der Waals surface area contributed by atoms with Crippen LogP contribution < -0.4 is 15.4 Å². The highest BCUT2D eigenvalue weighted by Crippen LogP contribution is 2.36. The van der Waals surface area contributed by atoms with Crippen LogP contribution in [0.1, 0.15) is 30.1 Å². The Bertz CT molecular complexity index is 1430. The second kappa shape index (κ2) is 10.6. The zero-order chi connectivity index (χ0) is 25.9. The van der Waals surface area contributed by atoms with Gasteiger partial charge in [0.1, 0.15) is 16.9 Å². The number of carbonyl (C=O) groups is 2. The van der Waals surface area contributed by atoms with Crippen molar-refractivity contribution in [2.45, 2.75) is 25.8 Å². The first-order valence-corrected chi connectivity index (χ1v) is 13.6. The fourth-order valence-corrected chi connectivity index (χ4v) is 4.92. The van der Waals surface area contributed by atoms with E-state index in [1.807, 2.05) is 36.1 Å². The second-order valence-corrected chi connectivity index (χ2v) is 9.63. The molecule has 1 aromatic carbocycles. The number of hydrogen-bond donors (Lipinski definition) is 2. The Labute approximate surface area is 216 Å². The molecule has 2 amide bonds. The van der Waals surface area contributed by atoms with E-state index in [0.717, 1.165) is 24.0 Å². The molecule has 1 unspecified atom stereocenters. The van der Waals surface area contributed by atoms with Crippen LogP contribution in [0.4, 0.5) is 11.8 Å². The minimum atomic E-state index is -0.254. The molecular weight excluding hydrogens is 491 g/mol. The third-order valence-electron chi connectivity index (χ3n) is 6.32. The molecule has 12 heteroatoms. The maximum absolute atomic E-state index is 12.6. The maximum Gasteiger partial charge on any atom is 0.257 e. The minimum absolute atomic E-state index is 0.104. The van der Waals surface area contributed by atoms with Crippen LogP contribution in [0.5, 0.6) is 11.5 Å². The number of anilines is 2. The zero-order valence-electron chi connectivity index (χ0n) is 20.9. The number of fused-ring (bicyclic) bond motifs is 1. The van der Waals surface area contributed by atoms with Gasteiger partial charge in [-0.1, -0.05) is 6.92 Å². The van der Waals surface area contributed by atoms with Gasteiger partial charge in [-0.25, -0.2) is 14.4 Å². The molecule has 1 aliphatic rings. The van der Waals surface area contributed by atoms with Crippen LogP contribution in [0.15, 0.2) is 48.9 Å². The van der Waals surface area contributed by atoms with Gasteiger partial charge in [0, 0.05) is 71.6 Å². The minimum Gasteiger partial charge on any atom is -0.456 e. The highest BCUT2D eigenvalue weighted by atomic mass is 31.1. The molecule has 0 radical (unpaired) electrons. The molecule has 4 heterocycles. The van der Waals surface area contributed by atoms with E-state index in [1.165, 1.54) is 0 Å². The van der Waals surface area contributed by atoms with Crippen LogP contribution in [0.2, 0.25) is 0 Å². The Balaban J connectivity index is 1.36. The van der Waals surface area contributed by atoms with E-state index in [4.69, 9.17) is 9.84 Å².